The lowest BCUT2D eigenvalue weighted by Crippen LogP contribution is -2.39. The number of carbonyl (C=O) groups excluding carboxylic acids is 1. The second-order valence-electron chi connectivity index (χ2n) is 7.87. The van der Waals surface area contributed by atoms with E-state index >= 15 is 0 Å². The summed E-state index contributed by atoms with van der Waals surface area (Å²) in [6.45, 7) is 3.90. The van der Waals surface area contributed by atoms with Gasteiger partial charge in [-0.1, -0.05) is 0 Å². The van der Waals surface area contributed by atoms with E-state index in [2.05, 4.69) is 31.7 Å². The van der Waals surface area contributed by atoms with Gasteiger partial charge in [0.2, 0.25) is 0 Å². The number of amides is 1. The van der Waals surface area contributed by atoms with Gasteiger partial charge in [0.25, 0.3) is 5.91 Å². The molecular weight excluding hydrogens is 359 g/mol. The van der Waals surface area contributed by atoms with Crippen molar-refractivity contribution < 1.29 is 9.18 Å². The summed E-state index contributed by atoms with van der Waals surface area (Å²) in [6, 6.07) is 6.27. The Morgan fingerprint density at radius 3 is 2.96 bits per heavy atom. The highest BCUT2D eigenvalue weighted by Gasteiger charge is 2.30. The van der Waals surface area contributed by atoms with Crippen LogP contribution in [0, 0.1) is 5.82 Å². The van der Waals surface area contributed by atoms with Gasteiger partial charge < -0.3 is 19.4 Å². The standard InChI is InChI=1S/C20H23FN6O/c1-25-6-2-3-14(11-25)19-24-23-18-12-26(7-8-27(18)19)20(28)17-9-13-4-5-15(21)10-16(13)22-17/h4-5,9-10,14,22H,2-3,6-8,11-12H2,1H3/t14-/m1/s1. The summed E-state index contributed by atoms with van der Waals surface area (Å²) in [6.07, 6.45) is 2.31. The van der Waals surface area contributed by atoms with Gasteiger partial charge in [0, 0.05) is 36.5 Å². The number of H-pyrrole nitrogens is 1. The molecule has 1 amide bonds. The van der Waals surface area contributed by atoms with E-state index in [9.17, 15) is 9.18 Å². The van der Waals surface area contributed by atoms with Gasteiger partial charge in [0.15, 0.2) is 5.82 Å². The molecule has 2 aliphatic heterocycles. The fourth-order valence-corrected chi connectivity index (χ4v) is 4.42. The van der Waals surface area contributed by atoms with E-state index in [-0.39, 0.29) is 11.7 Å². The number of fused-ring (bicyclic) bond motifs is 2. The van der Waals surface area contributed by atoms with Crippen LogP contribution < -0.4 is 0 Å². The fourth-order valence-electron chi connectivity index (χ4n) is 4.42. The van der Waals surface area contributed by atoms with Crippen molar-refractivity contribution in [3.63, 3.8) is 0 Å². The van der Waals surface area contributed by atoms with E-state index in [1.165, 1.54) is 18.6 Å². The molecule has 0 bridgehead atoms. The monoisotopic (exact) mass is 382 g/mol. The Morgan fingerprint density at radius 1 is 1.21 bits per heavy atom. The molecular formula is C20H23FN6O. The van der Waals surface area contributed by atoms with Gasteiger partial charge in [-0.15, -0.1) is 10.2 Å². The Morgan fingerprint density at radius 2 is 2.11 bits per heavy atom. The third kappa shape index (κ3) is 2.97. The summed E-state index contributed by atoms with van der Waals surface area (Å²) >= 11 is 0. The van der Waals surface area contributed by atoms with Crippen LogP contribution in [0.3, 0.4) is 0 Å². The number of hydrogen-bond donors (Lipinski definition) is 1. The minimum Gasteiger partial charge on any atom is -0.350 e. The molecule has 3 aromatic rings. The number of carbonyl (C=O) groups is 1. The normalized spacial score (nSPS) is 20.5. The molecule has 146 valence electrons. The zero-order valence-corrected chi connectivity index (χ0v) is 15.9. The maximum Gasteiger partial charge on any atom is 0.270 e. The summed E-state index contributed by atoms with van der Waals surface area (Å²) in [4.78, 5) is 20.1. The van der Waals surface area contributed by atoms with Crippen molar-refractivity contribution in [1.82, 2.24) is 29.5 Å². The van der Waals surface area contributed by atoms with Crippen molar-refractivity contribution in [2.24, 2.45) is 0 Å². The smallest absolute Gasteiger partial charge is 0.270 e. The van der Waals surface area contributed by atoms with Gasteiger partial charge in [-0.3, -0.25) is 4.79 Å². The van der Waals surface area contributed by atoms with E-state index in [4.69, 9.17) is 0 Å². The molecule has 1 atom stereocenters. The van der Waals surface area contributed by atoms with Gasteiger partial charge >= 0.3 is 0 Å². The van der Waals surface area contributed by atoms with Crippen molar-refractivity contribution in [1.29, 1.82) is 0 Å². The van der Waals surface area contributed by atoms with Crippen LogP contribution in [0.25, 0.3) is 10.9 Å². The highest BCUT2D eigenvalue weighted by atomic mass is 19.1. The summed E-state index contributed by atoms with van der Waals surface area (Å²) in [5.74, 6) is 1.88. The Labute approximate surface area is 162 Å². The number of piperidine rings is 1. The van der Waals surface area contributed by atoms with Crippen LogP contribution in [0.1, 0.15) is 40.9 Å². The van der Waals surface area contributed by atoms with Crippen molar-refractivity contribution in [3.8, 4) is 0 Å². The molecule has 0 saturated carbocycles. The lowest BCUT2D eigenvalue weighted by molar-refractivity contribution is 0.0700. The third-order valence-electron chi connectivity index (χ3n) is 5.87. The molecule has 1 N–H and O–H groups in total. The van der Waals surface area contributed by atoms with Crippen LogP contribution >= 0.6 is 0 Å². The number of benzene rings is 1. The average molecular weight is 382 g/mol. The molecule has 1 fully saturated rings. The predicted molar refractivity (Wildman–Crippen MR) is 102 cm³/mol. The zero-order valence-electron chi connectivity index (χ0n) is 15.9. The largest absolute Gasteiger partial charge is 0.350 e. The second-order valence-corrected chi connectivity index (χ2v) is 7.87. The summed E-state index contributed by atoms with van der Waals surface area (Å²) in [5.41, 5.74) is 1.11. The van der Waals surface area contributed by atoms with E-state index in [0.29, 0.717) is 36.8 Å². The highest BCUT2D eigenvalue weighted by molar-refractivity contribution is 5.98. The van der Waals surface area contributed by atoms with Gasteiger partial charge in [0.1, 0.15) is 17.3 Å². The van der Waals surface area contributed by atoms with E-state index in [1.807, 2.05) is 0 Å². The molecule has 2 aromatic heterocycles. The number of rotatable bonds is 2. The molecule has 0 radical (unpaired) electrons. The molecule has 7 nitrogen and oxygen atoms in total. The molecule has 0 aliphatic carbocycles. The van der Waals surface area contributed by atoms with Gasteiger partial charge in [-0.25, -0.2) is 4.39 Å². The minimum atomic E-state index is -0.319. The zero-order chi connectivity index (χ0) is 19.3. The first kappa shape index (κ1) is 17.4. The van der Waals surface area contributed by atoms with Crippen LogP contribution in [0.5, 0.6) is 0 Å². The van der Waals surface area contributed by atoms with Crippen molar-refractivity contribution >= 4 is 16.8 Å². The highest BCUT2D eigenvalue weighted by Crippen LogP contribution is 2.27. The first-order valence-electron chi connectivity index (χ1n) is 9.76. The van der Waals surface area contributed by atoms with Crippen LogP contribution in [-0.2, 0) is 13.1 Å². The molecule has 8 heteroatoms. The number of halogens is 1. The van der Waals surface area contributed by atoms with Crippen LogP contribution in [-0.4, -0.2) is 62.1 Å². The van der Waals surface area contributed by atoms with Crippen molar-refractivity contribution in [2.75, 3.05) is 26.7 Å². The number of nitrogens with one attached hydrogen (secondary N) is 1. The molecule has 28 heavy (non-hydrogen) atoms. The first-order valence-corrected chi connectivity index (χ1v) is 9.76. The number of nitrogens with zero attached hydrogens (tertiary/aromatic N) is 5. The number of likely N-dealkylation sites (N-methyl/N-ethyl adjacent to an activating group) is 1. The molecule has 1 saturated heterocycles. The molecule has 1 aromatic carbocycles. The summed E-state index contributed by atoms with van der Waals surface area (Å²) in [5, 5.41) is 9.67. The minimum absolute atomic E-state index is 0.0928. The predicted octanol–water partition coefficient (Wildman–Crippen LogP) is 2.36. The molecule has 4 heterocycles. The van der Waals surface area contributed by atoms with E-state index < -0.39 is 0 Å². The lowest BCUT2D eigenvalue weighted by Gasteiger charge is -2.31. The number of hydrogen-bond acceptors (Lipinski definition) is 4. The Hall–Kier alpha value is -2.74. The maximum atomic E-state index is 13.4. The molecule has 2 aliphatic rings. The second kappa shape index (κ2) is 6.70. The fraction of sp³-hybridized carbons (Fsp3) is 0.450. The van der Waals surface area contributed by atoms with E-state index in [0.717, 1.165) is 36.5 Å². The van der Waals surface area contributed by atoms with Crippen molar-refractivity contribution in [3.05, 3.63) is 47.4 Å². The number of likely N-dealkylation sites (tertiary alicyclic amines) is 1. The topological polar surface area (TPSA) is 70.1 Å². The molecule has 5 rings (SSSR count). The Kier molecular flexibility index (Phi) is 4.16. The van der Waals surface area contributed by atoms with Crippen LogP contribution in [0.4, 0.5) is 4.39 Å². The average Bonchev–Trinajstić information content (AvgIpc) is 3.30. The maximum absolute atomic E-state index is 13.4. The van der Waals surface area contributed by atoms with Crippen molar-refractivity contribution in [2.45, 2.75) is 31.8 Å². The Balaban J connectivity index is 1.36. The lowest BCUT2D eigenvalue weighted by atomic mass is 9.97. The van der Waals surface area contributed by atoms with Gasteiger partial charge in [-0.05, 0) is 50.7 Å². The van der Waals surface area contributed by atoms with Gasteiger partial charge in [0.05, 0.1) is 6.54 Å². The van der Waals surface area contributed by atoms with Crippen LogP contribution in [0.15, 0.2) is 24.3 Å². The third-order valence-corrected chi connectivity index (χ3v) is 5.87. The quantitative estimate of drug-likeness (QED) is 0.739. The molecule has 0 spiro atoms. The van der Waals surface area contributed by atoms with Gasteiger partial charge in [-0.2, -0.15) is 0 Å². The summed E-state index contributed by atoms with van der Waals surface area (Å²) < 4.78 is 15.6. The van der Waals surface area contributed by atoms with Crippen LogP contribution in [0.2, 0.25) is 0 Å². The summed E-state index contributed by atoms with van der Waals surface area (Å²) in [7, 11) is 2.15. The number of aromatic nitrogens is 4. The Bertz CT molecular complexity index is 1040. The molecule has 0 unspecified atom stereocenters. The number of aromatic amines is 1. The SMILES string of the molecule is CN1CCC[C@@H](c2nnc3n2CCN(C(=O)c2cc4ccc(F)cc4[nH]2)C3)C1. The first-order chi connectivity index (χ1) is 13.6. The van der Waals surface area contributed by atoms with E-state index in [1.54, 1.807) is 17.0 Å².